The lowest BCUT2D eigenvalue weighted by Gasteiger charge is -2.28. The third-order valence-corrected chi connectivity index (χ3v) is 12.0. The van der Waals surface area contributed by atoms with Gasteiger partial charge in [-0.05, 0) is 87.1 Å². The molecule has 0 bridgehead atoms. The number of hydrogen-bond acceptors (Lipinski definition) is 3. The van der Waals surface area contributed by atoms with E-state index in [4.69, 9.17) is 4.42 Å². The molecule has 0 amide bonds. The standard InChI is InChI=1S/C52H33NOS/c1-2-16-40-35(12-1)13-10-20-41(40)36-28-26-34(27-29-36)37-14-9-15-39(32-37)53(48-23-11-21-45-43-18-4-7-24-49(43)54-52(45)48)47-22-6-3-17-42(47)38-30-31-51-46(33-38)44-19-5-8-25-50(44)55-51/h1-33H. The highest BCUT2D eigenvalue weighted by Gasteiger charge is 2.22. The average molecular weight is 720 g/mol. The molecule has 0 aliphatic heterocycles. The lowest BCUT2D eigenvalue weighted by atomic mass is 9.96. The van der Waals surface area contributed by atoms with Gasteiger partial charge >= 0.3 is 0 Å². The predicted octanol–water partition coefficient (Wildman–Crippen LogP) is 15.6. The summed E-state index contributed by atoms with van der Waals surface area (Å²) in [5.41, 5.74) is 12.0. The number of benzene rings is 9. The fourth-order valence-corrected chi connectivity index (χ4v) is 9.35. The van der Waals surface area contributed by atoms with Crippen LogP contribution in [0.25, 0.3) is 86.3 Å². The topological polar surface area (TPSA) is 16.4 Å². The maximum absolute atomic E-state index is 6.71. The van der Waals surface area contributed by atoms with Gasteiger partial charge in [0, 0.05) is 42.2 Å². The predicted molar refractivity (Wildman–Crippen MR) is 235 cm³/mol. The Kier molecular flexibility index (Phi) is 7.39. The molecular formula is C52H33NOS. The van der Waals surface area contributed by atoms with E-state index in [1.807, 2.05) is 17.4 Å². The number of hydrogen-bond donors (Lipinski definition) is 0. The number of furan rings is 1. The molecule has 55 heavy (non-hydrogen) atoms. The van der Waals surface area contributed by atoms with Crippen molar-refractivity contribution in [2.45, 2.75) is 0 Å². The van der Waals surface area contributed by atoms with Crippen molar-refractivity contribution in [2.75, 3.05) is 4.90 Å². The molecule has 11 aromatic rings. The van der Waals surface area contributed by atoms with Crippen molar-refractivity contribution in [1.82, 2.24) is 0 Å². The number of anilines is 3. The van der Waals surface area contributed by atoms with Crippen LogP contribution in [-0.4, -0.2) is 0 Å². The number of para-hydroxylation sites is 3. The summed E-state index contributed by atoms with van der Waals surface area (Å²) in [6.45, 7) is 0. The van der Waals surface area contributed by atoms with E-state index in [1.54, 1.807) is 0 Å². The second-order valence-corrected chi connectivity index (χ2v) is 15.2. The summed E-state index contributed by atoms with van der Waals surface area (Å²) in [5.74, 6) is 0. The summed E-state index contributed by atoms with van der Waals surface area (Å²) in [5, 5.41) is 7.31. The average Bonchev–Trinajstić information content (AvgIpc) is 3.83. The van der Waals surface area contributed by atoms with Gasteiger partial charge in [-0.25, -0.2) is 0 Å². The highest BCUT2D eigenvalue weighted by Crippen LogP contribution is 2.47. The minimum absolute atomic E-state index is 0.864. The van der Waals surface area contributed by atoms with Gasteiger partial charge in [0.05, 0.1) is 11.4 Å². The fraction of sp³-hybridized carbons (Fsp3) is 0. The number of fused-ring (bicyclic) bond motifs is 7. The van der Waals surface area contributed by atoms with E-state index in [-0.39, 0.29) is 0 Å². The van der Waals surface area contributed by atoms with E-state index >= 15 is 0 Å². The van der Waals surface area contributed by atoms with Gasteiger partial charge in [-0.15, -0.1) is 11.3 Å². The maximum Gasteiger partial charge on any atom is 0.159 e. The Bertz CT molecular complexity index is 3220. The van der Waals surface area contributed by atoms with Crippen LogP contribution in [-0.2, 0) is 0 Å². The second-order valence-electron chi connectivity index (χ2n) is 14.1. The van der Waals surface area contributed by atoms with Crippen molar-refractivity contribution in [2.24, 2.45) is 0 Å². The molecule has 258 valence electrons. The SMILES string of the molecule is c1cc(-c2ccc(-c3cccc4ccccc34)cc2)cc(N(c2ccccc2-c2ccc3sc4ccccc4c3c2)c2cccc3c2oc2ccccc23)c1. The molecule has 0 fully saturated rings. The molecule has 3 heteroatoms. The van der Waals surface area contributed by atoms with Crippen LogP contribution in [0.1, 0.15) is 0 Å². The van der Waals surface area contributed by atoms with Crippen LogP contribution in [0.5, 0.6) is 0 Å². The summed E-state index contributed by atoms with van der Waals surface area (Å²) in [7, 11) is 0. The first-order valence-electron chi connectivity index (χ1n) is 18.7. The van der Waals surface area contributed by atoms with Gasteiger partial charge in [0.25, 0.3) is 0 Å². The number of rotatable bonds is 6. The minimum atomic E-state index is 0.864. The van der Waals surface area contributed by atoms with Gasteiger partial charge < -0.3 is 9.32 Å². The van der Waals surface area contributed by atoms with Crippen LogP contribution >= 0.6 is 11.3 Å². The monoisotopic (exact) mass is 719 g/mol. The molecule has 0 spiro atoms. The molecule has 0 atom stereocenters. The summed E-state index contributed by atoms with van der Waals surface area (Å²) in [4.78, 5) is 2.38. The zero-order valence-electron chi connectivity index (χ0n) is 29.8. The van der Waals surface area contributed by atoms with Gasteiger partial charge in [-0.3, -0.25) is 0 Å². The molecule has 0 aliphatic carbocycles. The summed E-state index contributed by atoms with van der Waals surface area (Å²) in [6, 6.07) is 72.2. The molecule has 0 aliphatic rings. The number of nitrogens with zero attached hydrogens (tertiary/aromatic N) is 1. The molecule has 0 saturated carbocycles. The molecule has 0 N–H and O–H groups in total. The Hall–Kier alpha value is -6.94. The summed E-state index contributed by atoms with van der Waals surface area (Å²) < 4.78 is 9.31. The maximum atomic E-state index is 6.71. The van der Waals surface area contributed by atoms with Crippen molar-refractivity contribution in [1.29, 1.82) is 0 Å². The summed E-state index contributed by atoms with van der Waals surface area (Å²) in [6.07, 6.45) is 0. The fourth-order valence-electron chi connectivity index (χ4n) is 8.27. The van der Waals surface area contributed by atoms with Gasteiger partial charge in [-0.1, -0.05) is 152 Å². The first-order chi connectivity index (χ1) is 27.3. The van der Waals surface area contributed by atoms with Crippen LogP contribution in [0.15, 0.2) is 205 Å². The van der Waals surface area contributed by atoms with Gasteiger partial charge in [-0.2, -0.15) is 0 Å². The minimum Gasteiger partial charge on any atom is -0.454 e. The van der Waals surface area contributed by atoms with Gasteiger partial charge in [0.1, 0.15) is 5.58 Å². The van der Waals surface area contributed by atoms with Gasteiger partial charge in [0.15, 0.2) is 5.58 Å². The smallest absolute Gasteiger partial charge is 0.159 e. The molecule has 9 aromatic carbocycles. The Morgan fingerprint density at radius 3 is 1.93 bits per heavy atom. The zero-order valence-corrected chi connectivity index (χ0v) is 30.6. The van der Waals surface area contributed by atoms with Gasteiger partial charge in [0.2, 0.25) is 0 Å². The Balaban J connectivity index is 1.08. The van der Waals surface area contributed by atoms with E-state index < -0.39 is 0 Å². The molecule has 0 saturated heterocycles. The van der Waals surface area contributed by atoms with Crippen LogP contribution < -0.4 is 4.90 Å². The Morgan fingerprint density at radius 1 is 0.364 bits per heavy atom. The normalized spacial score (nSPS) is 11.6. The first kappa shape index (κ1) is 31.6. The number of thiophene rings is 1. The Morgan fingerprint density at radius 2 is 1.00 bits per heavy atom. The third kappa shape index (κ3) is 5.32. The quantitative estimate of drug-likeness (QED) is 0.170. The third-order valence-electron chi connectivity index (χ3n) is 10.9. The van der Waals surface area contributed by atoms with Crippen LogP contribution in [0.4, 0.5) is 17.1 Å². The zero-order chi connectivity index (χ0) is 36.3. The van der Waals surface area contributed by atoms with E-state index in [0.29, 0.717) is 0 Å². The lowest BCUT2D eigenvalue weighted by molar-refractivity contribution is 0.669. The lowest BCUT2D eigenvalue weighted by Crippen LogP contribution is -2.11. The van der Waals surface area contributed by atoms with Crippen molar-refractivity contribution in [3.63, 3.8) is 0 Å². The Labute approximate surface area is 322 Å². The van der Waals surface area contributed by atoms with E-state index in [9.17, 15) is 0 Å². The largest absolute Gasteiger partial charge is 0.454 e. The molecule has 0 radical (unpaired) electrons. The van der Waals surface area contributed by atoms with Crippen molar-refractivity contribution < 1.29 is 4.42 Å². The van der Waals surface area contributed by atoms with Crippen LogP contribution in [0.2, 0.25) is 0 Å². The molecule has 11 rings (SSSR count). The van der Waals surface area contributed by atoms with Crippen molar-refractivity contribution in [3.05, 3.63) is 200 Å². The molecule has 2 heterocycles. The summed E-state index contributed by atoms with van der Waals surface area (Å²) >= 11 is 1.85. The van der Waals surface area contributed by atoms with E-state index in [1.165, 1.54) is 47.6 Å². The van der Waals surface area contributed by atoms with Crippen LogP contribution in [0, 0.1) is 0 Å². The highest BCUT2D eigenvalue weighted by molar-refractivity contribution is 7.25. The highest BCUT2D eigenvalue weighted by atomic mass is 32.1. The molecule has 0 unspecified atom stereocenters. The molecule has 2 aromatic heterocycles. The van der Waals surface area contributed by atoms with Crippen molar-refractivity contribution >= 4 is 81.3 Å². The second kappa shape index (κ2) is 12.9. The molecule has 2 nitrogen and oxygen atoms in total. The van der Waals surface area contributed by atoms with E-state index in [2.05, 4.69) is 199 Å². The van der Waals surface area contributed by atoms with Crippen LogP contribution in [0.3, 0.4) is 0 Å². The molecular weight excluding hydrogens is 687 g/mol. The van der Waals surface area contributed by atoms with Crippen molar-refractivity contribution in [3.8, 4) is 33.4 Å². The first-order valence-corrected chi connectivity index (χ1v) is 19.5. The van der Waals surface area contributed by atoms with E-state index in [0.717, 1.165) is 55.7 Å².